The Morgan fingerprint density at radius 2 is 2.05 bits per heavy atom. The third-order valence-corrected chi connectivity index (χ3v) is 3.49. The minimum Gasteiger partial charge on any atom is -0.493 e. The lowest BCUT2D eigenvalue weighted by Crippen LogP contribution is -2.37. The summed E-state index contributed by atoms with van der Waals surface area (Å²) in [5.74, 6) is 0.127. The molecule has 5 heteroatoms. The Balaban J connectivity index is 1.82. The first-order chi connectivity index (χ1) is 10.2. The molecule has 0 radical (unpaired) electrons. The highest BCUT2D eigenvalue weighted by atomic mass is 16.5. The van der Waals surface area contributed by atoms with E-state index in [1.54, 1.807) is 6.07 Å². The summed E-state index contributed by atoms with van der Waals surface area (Å²) in [7, 11) is 0. The molecular formula is C16H22N2O3. The molecule has 1 aromatic carbocycles. The summed E-state index contributed by atoms with van der Waals surface area (Å²) in [5, 5.41) is 0. The molecule has 21 heavy (non-hydrogen) atoms. The number of rotatable bonds is 7. The number of hydrogen-bond donors (Lipinski definition) is 1. The summed E-state index contributed by atoms with van der Waals surface area (Å²) in [6.45, 7) is 8.87. The van der Waals surface area contributed by atoms with E-state index < -0.39 is 5.91 Å². The van der Waals surface area contributed by atoms with Gasteiger partial charge in [0, 0.05) is 30.8 Å². The summed E-state index contributed by atoms with van der Waals surface area (Å²) in [5.41, 5.74) is 6.22. The van der Waals surface area contributed by atoms with E-state index >= 15 is 0 Å². The van der Waals surface area contributed by atoms with Gasteiger partial charge in [-0.05, 0) is 12.5 Å². The molecule has 0 saturated carbocycles. The number of amides is 1. The van der Waals surface area contributed by atoms with Gasteiger partial charge in [-0.25, -0.2) is 0 Å². The molecule has 1 aliphatic heterocycles. The van der Waals surface area contributed by atoms with Crippen molar-refractivity contribution in [3.05, 3.63) is 36.4 Å². The number of carbonyl (C=O) groups is 1. The number of ether oxygens (including phenoxy) is 2. The highest BCUT2D eigenvalue weighted by Crippen LogP contribution is 2.24. The number of nitrogens with zero attached hydrogens (tertiary/aromatic N) is 1. The van der Waals surface area contributed by atoms with E-state index in [2.05, 4.69) is 11.5 Å². The lowest BCUT2D eigenvalue weighted by atomic mass is 10.1. The van der Waals surface area contributed by atoms with Crippen LogP contribution in [-0.2, 0) is 9.53 Å². The van der Waals surface area contributed by atoms with Gasteiger partial charge in [0.2, 0.25) is 5.91 Å². The maximum absolute atomic E-state index is 11.2. The second kappa shape index (κ2) is 7.81. The second-order valence-electron chi connectivity index (χ2n) is 4.99. The Bertz CT molecular complexity index is 496. The molecular weight excluding hydrogens is 268 g/mol. The van der Waals surface area contributed by atoms with Gasteiger partial charge in [0.15, 0.2) is 0 Å². The van der Waals surface area contributed by atoms with Crippen molar-refractivity contribution in [3.8, 4) is 5.75 Å². The van der Waals surface area contributed by atoms with Crippen molar-refractivity contribution >= 4 is 11.5 Å². The van der Waals surface area contributed by atoms with Crippen LogP contribution < -0.4 is 10.5 Å². The number of morpholine rings is 1. The van der Waals surface area contributed by atoms with Crippen LogP contribution in [0.25, 0.3) is 5.57 Å². The van der Waals surface area contributed by atoms with E-state index in [1.165, 1.54) is 0 Å². The first-order valence-corrected chi connectivity index (χ1v) is 7.19. The predicted octanol–water partition coefficient (Wildman–Crippen LogP) is 1.29. The number of benzene rings is 1. The van der Waals surface area contributed by atoms with Crippen LogP contribution in [0.15, 0.2) is 30.8 Å². The standard InChI is InChI=1S/C16H22N2O3/c1-13(16(17)19)14-5-2-3-6-15(14)21-10-4-7-18-8-11-20-12-9-18/h2-3,5-6H,1,4,7-12H2,(H2,17,19). The molecule has 0 atom stereocenters. The van der Waals surface area contributed by atoms with E-state index in [0.717, 1.165) is 39.3 Å². The van der Waals surface area contributed by atoms with Crippen molar-refractivity contribution in [2.75, 3.05) is 39.5 Å². The van der Waals surface area contributed by atoms with Gasteiger partial charge in [0.1, 0.15) is 5.75 Å². The van der Waals surface area contributed by atoms with Gasteiger partial charge < -0.3 is 15.2 Å². The maximum atomic E-state index is 11.2. The lowest BCUT2D eigenvalue weighted by molar-refractivity contribution is -0.112. The van der Waals surface area contributed by atoms with Gasteiger partial charge in [-0.2, -0.15) is 0 Å². The normalized spacial score (nSPS) is 15.6. The van der Waals surface area contributed by atoms with Crippen LogP contribution in [0.4, 0.5) is 0 Å². The molecule has 0 aromatic heterocycles. The molecule has 0 spiro atoms. The Labute approximate surface area is 125 Å². The van der Waals surface area contributed by atoms with Crippen LogP contribution >= 0.6 is 0 Å². The summed E-state index contributed by atoms with van der Waals surface area (Å²) in [6, 6.07) is 7.34. The Morgan fingerprint density at radius 3 is 2.76 bits per heavy atom. The molecule has 0 bridgehead atoms. The zero-order valence-electron chi connectivity index (χ0n) is 12.2. The lowest BCUT2D eigenvalue weighted by Gasteiger charge is -2.26. The average molecular weight is 290 g/mol. The van der Waals surface area contributed by atoms with E-state index in [4.69, 9.17) is 15.2 Å². The number of hydrogen-bond acceptors (Lipinski definition) is 4. The monoisotopic (exact) mass is 290 g/mol. The van der Waals surface area contributed by atoms with Gasteiger partial charge in [-0.15, -0.1) is 0 Å². The van der Waals surface area contributed by atoms with Crippen molar-refractivity contribution in [1.29, 1.82) is 0 Å². The number of carbonyl (C=O) groups excluding carboxylic acids is 1. The molecule has 1 saturated heterocycles. The molecule has 0 unspecified atom stereocenters. The van der Waals surface area contributed by atoms with Crippen molar-refractivity contribution in [1.82, 2.24) is 4.90 Å². The number of nitrogens with two attached hydrogens (primary N) is 1. The summed E-state index contributed by atoms with van der Waals surface area (Å²) in [6.07, 6.45) is 0.928. The number of para-hydroxylation sites is 1. The van der Waals surface area contributed by atoms with E-state index in [1.807, 2.05) is 18.2 Å². The topological polar surface area (TPSA) is 64.8 Å². The molecule has 1 aliphatic rings. The second-order valence-corrected chi connectivity index (χ2v) is 4.99. The fraction of sp³-hybridized carbons (Fsp3) is 0.438. The van der Waals surface area contributed by atoms with E-state index in [0.29, 0.717) is 17.9 Å². The largest absolute Gasteiger partial charge is 0.493 e. The van der Waals surface area contributed by atoms with Crippen molar-refractivity contribution in [2.24, 2.45) is 5.73 Å². The van der Waals surface area contributed by atoms with Crippen LogP contribution in [0.5, 0.6) is 5.75 Å². The fourth-order valence-electron chi connectivity index (χ4n) is 2.27. The molecule has 2 rings (SSSR count). The van der Waals surface area contributed by atoms with Gasteiger partial charge in [0.25, 0.3) is 0 Å². The van der Waals surface area contributed by atoms with Crippen molar-refractivity contribution < 1.29 is 14.3 Å². The maximum Gasteiger partial charge on any atom is 0.248 e. The molecule has 2 N–H and O–H groups in total. The average Bonchev–Trinajstić information content (AvgIpc) is 2.52. The van der Waals surface area contributed by atoms with Crippen molar-refractivity contribution in [2.45, 2.75) is 6.42 Å². The zero-order valence-corrected chi connectivity index (χ0v) is 12.2. The van der Waals surface area contributed by atoms with Crippen LogP contribution in [0.2, 0.25) is 0 Å². The van der Waals surface area contributed by atoms with Gasteiger partial charge >= 0.3 is 0 Å². The summed E-state index contributed by atoms with van der Waals surface area (Å²) in [4.78, 5) is 13.6. The Morgan fingerprint density at radius 1 is 1.33 bits per heavy atom. The molecule has 1 heterocycles. The predicted molar refractivity (Wildman–Crippen MR) is 82.0 cm³/mol. The van der Waals surface area contributed by atoms with Crippen LogP contribution in [0.1, 0.15) is 12.0 Å². The van der Waals surface area contributed by atoms with Crippen LogP contribution in [0, 0.1) is 0 Å². The molecule has 5 nitrogen and oxygen atoms in total. The minimum atomic E-state index is -0.528. The first-order valence-electron chi connectivity index (χ1n) is 7.19. The van der Waals surface area contributed by atoms with E-state index in [9.17, 15) is 4.79 Å². The fourth-order valence-corrected chi connectivity index (χ4v) is 2.27. The Kier molecular flexibility index (Phi) is 5.78. The summed E-state index contributed by atoms with van der Waals surface area (Å²) >= 11 is 0. The molecule has 1 amide bonds. The highest BCUT2D eigenvalue weighted by Gasteiger charge is 2.12. The number of primary amides is 1. The minimum absolute atomic E-state index is 0.277. The molecule has 0 aliphatic carbocycles. The summed E-state index contributed by atoms with van der Waals surface area (Å²) < 4.78 is 11.1. The third kappa shape index (κ3) is 4.58. The van der Waals surface area contributed by atoms with Crippen LogP contribution in [0.3, 0.4) is 0 Å². The quantitative estimate of drug-likeness (QED) is 0.607. The molecule has 1 fully saturated rings. The SMILES string of the molecule is C=C(C(N)=O)c1ccccc1OCCCN1CCOCC1. The first kappa shape index (κ1) is 15.5. The van der Waals surface area contributed by atoms with E-state index in [-0.39, 0.29) is 5.57 Å². The van der Waals surface area contributed by atoms with Crippen LogP contribution in [-0.4, -0.2) is 50.3 Å². The zero-order chi connectivity index (χ0) is 15.1. The van der Waals surface area contributed by atoms with Gasteiger partial charge in [-0.1, -0.05) is 24.8 Å². The van der Waals surface area contributed by atoms with Gasteiger partial charge in [0.05, 0.1) is 19.8 Å². The molecule has 114 valence electrons. The van der Waals surface area contributed by atoms with Gasteiger partial charge in [-0.3, -0.25) is 9.69 Å². The smallest absolute Gasteiger partial charge is 0.248 e. The highest BCUT2D eigenvalue weighted by molar-refractivity contribution is 6.18. The van der Waals surface area contributed by atoms with Crippen molar-refractivity contribution in [3.63, 3.8) is 0 Å². The molecule has 1 aromatic rings. The third-order valence-electron chi connectivity index (χ3n) is 3.49. The Hall–Kier alpha value is -1.85.